The Morgan fingerprint density at radius 3 is 2.74 bits per heavy atom. The Hall–Kier alpha value is -1.86. The highest BCUT2D eigenvalue weighted by molar-refractivity contribution is 8.00. The fraction of sp³-hybridized carbons (Fsp3) is 0.312. The van der Waals surface area contributed by atoms with Crippen LogP contribution in [0.15, 0.2) is 40.7 Å². The molecule has 5 nitrogen and oxygen atoms in total. The predicted octanol–water partition coefficient (Wildman–Crippen LogP) is 3.59. The van der Waals surface area contributed by atoms with Gasteiger partial charge in [-0.25, -0.2) is 4.98 Å². The van der Waals surface area contributed by atoms with Crippen LogP contribution in [0.5, 0.6) is 0 Å². The molecule has 2 N–H and O–H groups in total. The minimum atomic E-state index is -0.903. The van der Waals surface area contributed by atoms with E-state index in [0.29, 0.717) is 10.5 Å². The number of amides is 1. The summed E-state index contributed by atoms with van der Waals surface area (Å²) in [6.45, 7) is 3.59. The molecule has 2 atom stereocenters. The molecule has 2 rings (SSSR count). The molecule has 0 saturated heterocycles. The van der Waals surface area contributed by atoms with Crippen LogP contribution in [0.25, 0.3) is 0 Å². The number of hydrogen-bond donors (Lipinski definition) is 2. The second-order valence-electron chi connectivity index (χ2n) is 4.90. The molecule has 7 heteroatoms. The lowest BCUT2D eigenvalue weighted by Crippen LogP contribution is -2.28. The zero-order valence-corrected chi connectivity index (χ0v) is 14.5. The Kier molecular flexibility index (Phi) is 6.18. The molecule has 1 aromatic heterocycles. The lowest BCUT2D eigenvalue weighted by Gasteiger charge is -2.16. The number of hydrogen-bond acceptors (Lipinski definition) is 5. The highest BCUT2D eigenvalue weighted by Crippen LogP contribution is 2.28. The number of rotatable bonds is 7. The second kappa shape index (κ2) is 8.12. The quantitative estimate of drug-likeness (QED) is 0.746. The Morgan fingerprint density at radius 2 is 2.13 bits per heavy atom. The summed E-state index contributed by atoms with van der Waals surface area (Å²) in [5, 5.41) is 14.2. The van der Waals surface area contributed by atoms with Crippen molar-refractivity contribution in [3.05, 3.63) is 46.4 Å². The van der Waals surface area contributed by atoms with E-state index in [9.17, 15) is 9.59 Å². The fourth-order valence-corrected chi connectivity index (χ4v) is 3.68. The first kappa shape index (κ1) is 17.5. The molecule has 1 heterocycles. The van der Waals surface area contributed by atoms with Gasteiger partial charge in [0.1, 0.15) is 10.3 Å². The van der Waals surface area contributed by atoms with Crippen LogP contribution in [0.2, 0.25) is 0 Å². The van der Waals surface area contributed by atoms with Crippen LogP contribution in [-0.4, -0.2) is 27.2 Å². The number of carbonyl (C=O) groups is 2. The largest absolute Gasteiger partial charge is 0.480 e. The molecular formula is C16H18N2O3S2. The van der Waals surface area contributed by atoms with Gasteiger partial charge in [-0.05, 0) is 25.5 Å². The van der Waals surface area contributed by atoms with Crippen molar-refractivity contribution in [2.24, 2.45) is 0 Å². The molecule has 0 aliphatic heterocycles. The molecule has 122 valence electrons. The summed E-state index contributed by atoms with van der Waals surface area (Å²) in [6.07, 6.45) is 2.45. The summed E-state index contributed by atoms with van der Waals surface area (Å²) in [5.74, 6) is -1.12. The molecule has 0 aliphatic carbocycles. The summed E-state index contributed by atoms with van der Waals surface area (Å²) in [6, 6.07) is 6.91. The molecule has 0 bridgehead atoms. The highest BCUT2D eigenvalue weighted by Gasteiger charge is 2.20. The number of nitrogens with zero attached hydrogens (tertiary/aromatic N) is 1. The number of nitrogens with one attached hydrogen (secondary N) is 1. The number of carboxylic acids is 1. The first-order chi connectivity index (χ1) is 11.0. The Balaban J connectivity index is 2.17. The van der Waals surface area contributed by atoms with E-state index in [1.807, 2.05) is 12.3 Å². The van der Waals surface area contributed by atoms with Gasteiger partial charge in [0, 0.05) is 16.5 Å². The van der Waals surface area contributed by atoms with Crippen LogP contribution in [-0.2, 0) is 4.79 Å². The Bertz CT molecular complexity index is 674. The number of benzene rings is 1. The molecule has 0 aliphatic rings. The topological polar surface area (TPSA) is 79.3 Å². The summed E-state index contributed by atoms with van der Waals surface area (Å²) >= 11 is 2.67. The zero-order valence-electron chi connectivity index (χ0n) is 12.9. The van der Waals surface area contributed by atoms with E-state index in [1.165, 1.54) is 23.1 Å². The molecular weight excluding hydrogens is 332 g/mol. The number of aliphatic carboxylic acids is 1. The van der Waals surface area contributed by atoms with Crippen molar-refractivity contribution in [3.63, 3.8) is 0 Å². The average Bonchev–Trinajstić information content (AvgIpc) is 3.07. The number of carboxylic acid groups (broad SMARTS) is 1. The lowest BCUT2D eigenvalue weighted by molar-refractivity contribution is -0.136. The average molecular weight is 350 g/mol. The second-order valence-corrected chi connectivity index (χ2v) is 7.21. The van der Waals surface area contributed by atoms with E-state index >= 15 is 0 Å². The summed E-state index contributed by atoms with van der Waals surface area (Å²) in [7, 11) is 0. The van der Waals surface area contributed by atoms with Crippen LogP contribution in [0.4, 0.5) is 0 Å². The van der Waals surface area contributed by atoms with Gasteiger partial charge in [-0.2, -0.15) is 0 Å². The molecule has 1 amide bonds. The van der Waals surface area contributed by atoms with Crippen molar-refractivity contribution >= 4 is 35.0 Å². The van der Waals surface area contributed by atoms with E-state index < -0.39 is 11.2 Å². The third-order valence-corrected chi connectivity index (χ3v) is 5.30. The molecule has 23 heavy (non-hydrogen) atoms. The monoisotopic (exact) mass is 350 g/mol. The van der Waals surface area contributed by atoms with Gasteiger partial charge in [0.2, 0.25) is 0 Å². The van der Waals surface area contributed by atoms with Crippen molar-refractivity contribution < 1.29 is 14.7 Å². The first-order valence-corrected chi connectivity index (χ1v) is 8.97. The van der Waals surface area contributed by atoms with Gasteiger partial charge >= 0.3 is 5.97 Å². The predicted molar refractivity (Wildman–Crippen MR) is 92.0 cm³/mol. The third kappa shape index (κ3) is 4.56. The number of thioether (sulfide) groups is 1. The van der Waals surface area contributed by atoms with Gasteiger partial charge in [0.25, 0.3) is 5.91 Å². The van der Waals surface area contributed by atoms with Gasteiger partial charge < -0.3 is 10.4 Å². The van der Waals surface area contributed by atoms with Crippen molar-refractivity contribution in [1.82, 2.24) is 10.3 Å². The van der Waals surface area contributed by atoms with E-state index in [4.69, 9.17) is 5.11 Å². The number of carbonyl (C=O) groups excluding carboxylic acids is 1. The Labute approximate surface area is 143 Å². The summed E-state index contributed by atoms with van der Waals surface area (Å²) in [5.41, 5.74) is 0.487. The van der Waals surface area contributed by atoms with Crippen molar-refractivity contribution in [2.45, 2.75) is 36.5 Å². The van der Waals surface area contributed by atoms with Gasteiger partial charge in [0.15, 0.2) is 0 Å². The van der Waals surface area contributed by atoms with Gasteiger partial charge in [0.05, 0.1) is 11.6 Å². The third-order valence-electron chi connectivity index (χ3n) is 3.25. The standard InChI is InChI=1S/C16H18N2O3S2/c1-3-12(15-17-8-9-22-15)18-14(19)11-6-4-5-7-13(11)23-10(2)16(20)21/h4-10,12H,3H2,1-2H3,(H,18,19)(H,20,21). The Morgan fingerprint density at radius 1 is 1.39 bits per heavy atom. The van der Waals surface area contributed by atoms with E-state index in [2.05, 4.69) is 10.3 Å². The van der Waals surface area contributed by atoms with Crippen LogP contribution < -0.4 is 5.32 Å². The van der Waals surface area contributed by atoms with Crippen molar-refractivity contribution in [2.75, 3.05) is 0 Å². The van der Waals surface area contributed by atoms with Crippen LogP contribution in [0, 0.1) is 0 Å². The molecule has 2 unspecified atom stereocenters. The summed E-state index contributed by atoms with van der Waals surface area (Å²) in [4.78, 5) is 28.5. The molecule has 0 saturated carbocycles. The van der Waals surface area contributed by atoms with E-state index in [0.717, 1.165) is 11.4 Å². The maximum Gasteiger partial charge on any atom is 0.316 e. The van der Waals surface area contributed by atoms with Crippen LogP contribution in [0.3, 0.4) is 0 Å². The van der Waals surface area contributed by atoms with Crippen LogP contribution in [0.1, 0.15) is 41.7 Å². The lowest BCUT2D eigenvalue weighted by atomic mass is 10.1. The molecule has 0 spiro atoms. The minimum Gasteiger partial charge on any atom is -0.480 e. The van der Waals surface area contributed by atoms with Crippen molar-refractivity contribution in [1.29, 1.82) is 0 Å². The maximum atomic E-state index is 12.6. The van der Waals surface area contributed by atoms with Gasteiger partial charge in [-0.3, -0.25) is 9.59 Å². The minimum absolute atomic E-state index is 0.141. The van der Waals surface area contributed by atoms with Crippen molar-refractivity contribution in [3.8, 4) is 0 Å². The molecule has 0 fully saturated rings. The zero-order chi connectivity index (χ0) is 16.8. The highest BCUT2D eigenvalue weighted by atomic mass is 32.2. The fourth-order valence-electron chi connectivity index (χ4n) is 1.98. The molecule has 2 aromatic rings. The van der Waals surface area contributed by atoms with Gasteiger partial charge in [-0.15, -0.1) is 23.1 Å². The van der Waals surface area contributed by atoms with Gasteiger partial charge in [-0.1, -0.05) is 19.1 Å². The SMILES string of the molecule is CCC(NC(=O)c1ccccc1SC(C)C(=O)O)c1nccs1. The van der Waals surface area contributed by atoms with E-state index in [1.54, 1.807) is 37.4 Å². The number of aromatic nitrogens is 1. The first-order valence-electron chi connectivity index (χ1n) is 7.21. The molecule has 0 radical (unpaired) electrons. The molecule has 1 aromatic carbocycles. The number of thiazole rings is 1. The van der Waals surface area contributed by atoms with Crippen LogP contribution >= 0.6 is 23.1 Å². The normalized spacial score (nSPS) is 13.3. The van der Waals surface area contributed by atoms with E-state index in [-0.39, 0.29) is 11.9 Å². The summed E-state index contributed by atoms with van der Waals surface area (Å²) < 4.78 is 0. The smallest absolute Gasteiger partial charge is 0.316 e. The maximum absolute atomic E-state index is 12.6.